The monoisotopic (exact) mass is 285 g/mol. The van der Waals surface area contributed by atoms with Gasteiger partial charge in [0.2, 0.25) is 0 Å². The summed E-state index contributed by atoms with van der Waals surface area (Å²) in [6.07, 6.45) is 0. The Morgan fingerprint density at radius 1 is 1.00 bits per heavy atom. The molecule has 2 aromatic rings. The van der Waals surface area contributed by atoms with Crippen molar-refractivity contribution in [3.63, 3.8) is 0 Å². The minimum atomic E-state index is 0.456. The lowest BCUT2D eigenvalue weighted by atomic mass is 9.84. The summed E-state index contributed by atoms with van der Waals surface area (Å²) in [5.41, 5.74) is 2.55. The van der Waals surface area contributed by atoms with Gasteiger partial charge in [0.05, 0.1) is 0 Å². The van der Waals surface area contributed by atoms with E-state index in [1.165, 1.54) is 11.1 Å². The van der Waals surface area contributed by atoms with Gasteiger partial charge >= 0.3 is 0 Å². The summed E-state index contributed by atoms with van der Waals surface area (Å²) < 4.78 is 6.15. The summed E-state index contributed by atoms with van der Waals surface area (Å²) in [6, 6.07) is 14.4. The Morgan fingerprint density at radius 2 is 1.70 bits per heavy atom. The standard InChI is InChI=1S/C17H16ClNO/c1-19-9-14-12-4-2-3-5-16(12)20-17-7-6-11(18)8-13(17)15(14)10-19/h2-8,14-15H,9-10H2,1H3/t14-,15?/m1/s1. The highest BCUT2D eigenvalue weighted by Gasteiger charge is 2.38. The molecule has 3 heteroatoms. The Morgan fingerprint density at radius 3 is 2.55 bits per heavy atom. The normalized spacial score (nSPS) is 24.3. The molecule has 0 saturated carbocycles. The first-order valence-electron chi connectivity index (χ1n) is 6.97. The number of fused-ring (bicyclic) bond motifs is 5. The van der Waals surface area contributed by atoms with Gasteiger partial charge in [-0.1, -0.05) is 29.8 Å². The predicted molar refractivity (Wildman–Crippen MR) is 80.9 cm³/mol. The number of likely N-dealkylation sites (tertiary alicyclic amines) is 1. The van der Waals surface area contributed by atoms with E-state index in [0.29, 0.717) is 11.8 Å². The van der Waals surface area contributed by atoms with E-state index in [0.717, 1.165) is 29.6 Å². The molecule has 2 heterocycles. The summed E-state index contributed by atoms with van der Waals surface area (Å²) in [7, 11) is 2.18. The van der Waals surface area contributed by atoms with Gasteiger partial charge in [-0.25, -0.2) is 0 Å². The third-order valence-electron chi connectivity index (χ3n) is 4.41. The van der Waals surface area contributed by atoms with Crippen molar-refractivity contribution in [2.75, 3.05) is 20.1 Å². The Bertz CT molecular complexity index is 670. The van der Waals surface area contributed by atoms with Gasteiger partial charge in [-0.2, -0.15) is 0 Å². The maximum absolute atomic E-state index is 6.20. The number of hydrogen-bond donors (Lipinski definition) is 0. The minimum absolute atomic E-state index is 0.456. The Labute approximate surface area is 123 Å². The van der Waals surface area contributed by atoms with Gasteiger partial charge in [0, 0.05) is 35.5 Å². The van der Waals surface area contributed by atoms with E-state index >= 15 is 0 Å². The number of benzene rings is 2. The van der Waals surface area contributed by atoms with E-state index in [1.54, 1.807) is 0 Å². The van der Waals surface area contributed by atoms with E-state index < -0.39 is 0 Å². The number of nitrogens with zero attached hydrogens (tertiary/aromatic N) is 1. The second-order valence-electron chi connectivity index (χ2n) is 5.76. The molecule has 2 aromatic carbocycles. The molecule has 2 aliphatic heterocycles. The first-order valence-corrected chi connectivity index (χ1v) is 7.35. The molecule has 102 valence electrons. The van der Waals surface area contributed by atoms with E-state index in [-0.39, 0.29) is 0 Å². The van der Waals surface area contributed by atoms with Crippen LogP contribution in [0.3, 0.4) is 0 Å². The highest BCUT2D eigenvalue weighted by molar-refractivity contribution is 6.30. The van der Waals surface area contributed by atoms with E-state index in [1.807, 2.05) is 18.2 Å². The number of para-hydroxylation sites is 1. The maximum Gasteiger partial charge on any atom is 0.131 e. The molecular weight excluding hydrogens is 270 g/mol. The Hall–Kier alpha value is -1.51. The fraction of sp³-hybridized carbons (Fsp3) is 0.294. The van der Waals surface area contributed by atoms with Crippen molar-refractivity contribution in [2.45, 2.75) is 11.8 Å². The number of likely N-dealkylation sites (N-methyl/N-ethyl adjacent to an activating group) is 1. The molecular formula is C17H16ClNO. The molecule has 20 heavy (non-hydrogen) atoms. The van der Waals surface area contributed by atoms with Gasteiger partial charge in [-0.05, 0) is 36.9 Å². The van der Waals surface area contributed by atoms with E-state index in [4.69, 9.17) is 16.3 Å². The number of hydrogen-bond acceptors (Lipinski definition) is 2. The lowest BCUT2D eigenvalue weighted by Gasteiger charge is -2.17. The third kappa shape index (κ3) is 1.83. The summed E-state index contributed by atoms with van der Waals surface area (Å²) in [4.78, 5) is 2.39. The molecule has 0 amide bonds. The van der Waals surface area contributed by atoms with Crippen LogP contribution < -0.4 is 4.74 Å². The van der Waals surface area contributed by atoms with Crippen LogP contribution in [0.2, 0.25) is 5.02 Å². The molecule has 0 radical (unpaired) electrons. The van der Waals surface area contributed by atoms with Crippen LogP contribution in [0.4, 0.5) is 0 Å². The molecule has 0 spiro atoms. The number of rotatable bonds is 0. The Balaban J connectivity index is 1.93. The lowest BCUT2D eigenvalue weighted by molar-refractivity contribution is 0.401. The van der Waals surface area contributed by atoms with Gasteiger partial charge in [0.25, 0.3) is 0 Å². The molecule has 2 atom stereocenters. The van der Waals surface area contributed by atoms with Crippen LogP contribution in [0.5, 0.6) is 11.5 Å². The SMILES string of the molecule is CN1CC2c3cc(Cl)ccc3Oc3ccccc3[C@H]2C1. The second kappa shape index (κ2) is 4.51. The maximum atomic E-state index is 6.20. The zero-order valence-corrected chi connectivity index (χ0v) is 12.1. The van der Waals surface area contributed by atoms with Crippen molar-refractivity contribution in [2.24, 2.45) is 0 Å². The minimum Gasteiger partial charge on any atom is -0.457 e. The van der Waals surface area contributed by atoms with Crippen LogP contribution in [0.1, 0.15) is 23.0 Å². The largest absolute Gasteiger partial charge is 0.457 e. The first-order chi connectivity index (χ1) is 9.72. The fourth-order valence-electron chi connectivity index (χ4n) is 3.53. The third-order valence-corrected chi connectivity index (χ3v) is 4.65. The van der Waals surface area contributed by atoms with Crippen molar-refractivity contribution < 1.29 is 4.74 Å². The number of halogens is 1. The number of ether oxygens (including phenoxy) is 1. The van der Waals surface area contributed by atoms with Crippen molar-refractivity contribution in [3.8, 4) is 11.5 Å². The summed E-state index contributed by atoms with van der Waals surface area (Å²) in [5, 5.41) is 0.784. The molecule has 0 N–H and O–H groups in total. The van der Waals surface area contributed by atoms with Crippen LogP contribution in [0, 0.1) is 0 Å². The van der Waals surface area contributed by atoms with Crippen molar-refractivity contribution in [3.05, 3.63) is 58.6 Å². The molecule has 1 fully saturated rings. The molecule has 2 aliphatic rings. The summed E-state index contributed by atoms with van der Waals surface area (Å²) >= 11 is 6.20. The van der Waals surface area contributed by atoms with E-state index in [2.05, 4.69) is 36.2 Å². The lowest BCUT2D eigenvalue weighted by Crippen LogP contribution is -2.14. The Kier molecular flexibility index (Phi) is 2.76. The van der Waals surface area contributed by atoms with Gasteiger partial charge < -0.3 is 9.64 Å². The van der Waals surface area contributed by atoms with Crippen LogP contribution in [0.25, 0.3) is 0 Å². The fourth-order valence-corrected chi connectivity index (χ4v) is 3.71. The molecule has 2 nitrogen and oxygen atoms in total. The van der Waals surface area contributed by atoms with Crippen LogP contribution in [-0.2, 0) is 0 Å². The van der Waals surface area contributed by atoms with Crippen molar-refractivity contribution in [1.82, 2.24) is 4.90 Å². The zero-order valence-electron chi connectivity index (χ0n) is 11.3. The second-order valence-corrected chi connectivity index (χ2v) is 6.19. The van der Waals surface area contributed by atoms with Gasteiger partial charge in [-0.3, -0.25) is 0 Å². The topological polar surface area (TPSA) is 12.5 Å². The van der Waals surface area contributed by atoms with Crippen LogP contribution in [-0.4, -0.2) is 25.0 Å². The van der Waals surface area contributed by atoms with E-state index in [9.17, 15) is 0 Å². The molecule has 4 rings (SSSR count). The average molecular weight is 286 g/mol. The average Bonchev–Trinajstić information content (AvgIpc) is 2.78. The van der Waals surface area contributed by atoms with Gasteiger partial charge in [0.1, 0.15) is 11.5 Å². The highest BCUT2D eigenvalue weighted by Crippen LogP contribution is 2.49. The highest BCUT2D eigenvalue weighted by atomic mass is 35.5. The first kappa shape index (κ1) is 12.2. The molecule has 0 bridgehead atoms. The molecule has 0 aromatic heterocycles. The summed E-state index contributed by atoms with van der Waals surface area (Å²) in [6.45, 7) is 2.12. The predicted octanol–water partition coefficient (Wildman–Crippen LogP) is 4.26. The molecule has 1 saturated heterocycles. The smallest absolute Gasteiger partial charge is 0.131 e. The summed E-state index contributed by atoms with van der Waals surface area (Å²) in [5.74, 6) is 2.87. The molecule has 1 unspecified atom stereocenters. The molecule has 0 aliphatic carbocycles. The van der Waals surface area contributed by atoms with Gasteiger partial charge in [0.15, 0.2) is 0 Å². The quantitative estimate of drug-likeness (QED) is 0.717. The zero-order chi connectivity index (χ0) is 13.7. The van der Waals surface area contributed by atoms with Crippen molar-refractivity contribution in [1.29, 1.82) is 0 Å². The van der Waals surface area contributed by atoms with Gasteiger partial charge in [-0.15, -0.1) is 0 Å². The van der Waals surface area contributed by atoms with Crippen LogP contribution >= 0.6 is 11.6 Å². The van der Waals surface area contributed by atoms with Crippen LogP contribution in [0.15, 0.2) is 42.5 Å². The van der Waals surface area contributed by atoms with Crippen molar-refractivity contribution >= 4 is 11.6 Å².